The minimum Gasteiger partial charge on any atom is -0.480 e. The molecule has 3 amide bonds. The summed E-state index contributed by atoms with van der Waals surface area (Å²) in [5, 5.41) is 13.6. The number of imide groups is 1. The first-order valence-electron chi connectivity index (χ1n) is 10.6. The molecular weight excluding hydrogens is 412 g/mol. The summed E-state index contributed by atoms with van der Waals surface area (Å²) < 4.78 is 5.38. The third-order valence-electron chi connectivity index (χ3n) is 5.13. The molecule has 2 aliphatic carbocycles. The van der Waals surface area contributed by atoms with E-state index in [4.69, 9.17) is 9.84 Å². The lowest BCUT2D eigenvalue weighted by Crippen LogP contribution is -2.44. The van der Waals surface area contributed by atoms with Crippen molar-refractivity contribution in [2.24, 2.45) is 5.92 Å². The Morgan fingerprint density at radius 1 is 1.09 bits per heavy atom. The number of aliphatic carboxylic acids is 1. The number of amides is 3. The number of nitrogens with one attached hydrogen (secondary N) is 2. The Balaban J connectivity index is 0.000000595. The lowest BCUT2D eigenvalue weighted by Gasteiger charge is -2.20. The summed E-state index contributed by atoms with van der Waals surface area (Å²) in [6.45, 7) is 6.28. The van der Waals surface area contributed by atoms with Gasteiger partial charge in [0.15, 0.2) is 0 Å². The maximum absolute atomic E-state index is 12.1. The van der Waals surface area contributed by atoms with E-state index in [1.54, 1.807) is 13.8 Å². The maximum atomic E-state index is 12.1. The molecule has 0 radical (unpaired) electrons. The highest BCUT2D eigenvalue weighted by Gasteiger charge is 2.33. The van der Waals surface area contributed by atoms with Crippen LogP contribution < -0.4 is 10.6 Å². The first-order valence-corrected chi connectivity index (χ1v) is 10.6. The van der Waals surface area contributed by atoms with Crippen molar-refractivity contribution in [2.75, 3.05) is 6.61 Å². The van der Waals surface area contributed by atoms with Gasteiger partial charge in [0.1, 0.15) is 12.6 Å². The monoisotopic (exact) mass is 444 g/mol. The molecule has 0 bridgehead atoms. The molecule has 0 spiro atoms. The number of hydrogen-bond donors (Lipinski definition) is 3. The van der Waals surface area contributed by atoms with Crippen LogP contribution in [-0.4, -0.2) is 41.6 Å². The van der Waals surface area contributed by atoms with E-state index in [1.807, 2.05) is 17.4 Å². The van der Waals surface area contributed by atoms with Crippen molar-refractivity contribution < 1.29 is 30.4 Å². The van der Waals surface area contributed by atoms with Gasteiger partial charge in [0.25, 0.3) is 0 Å². The van der Waals surface area contributed by atoms with Gasteiger partial charge >= 0.3 is 12.1 Å². The zero-order valence-corrected chi connectivity index (χ0v) is 18.8. The topological polar surface area (TPSA) is 122 Å². The third-order valence-corrected chi connectivity index (χ3v) is 5.13. The zero-order chi connectivity index (χ0) is 23.8. The van der Waals surface area contributed by atoms with Crippen LogP contribution in [0.1, 0.15) is 59.0 Å². The molecule has 8 heteroatoms. The maximum Gasteiger partial charge on any atom is 0.407 e. The smallest absolute Gasteiger partial charge is 0.407 e. The van der Waals surface area contributed by atoms with Crippen LogP contribution in [0.25, 0.3) is 5.57 Å². The number of allylic oxidation sites excluding steroid dienone is 3. The predicted octanol–water partition coefficient (Wildman–Crippen LogP) is 3.64. The number of carbonyl (C=O) groups excluding carboxylic acids is 3. The van der Waals surface area contributed by atoms with E-state index in [2.05, 4.69) is 29.6 Å². The van der Waals surface area contributed by atoms with Gasteiger partial charge in [-0.3, -0.25) is 14.9 Å². The second-order valence-corrected chi connectivity index (χ2v) is 8.03. The number of hydrogen-bond acceptors (Lipinski definition) is 5. The molecule has 32 heavy (non-hydrogen) atoms. The van der Waals surface area contributed by atoms with Crippen LogP contribution in [0.15, 0.2) is 42.0 Å². The third kappa shape index (κ3) is 6.54. The summed E-state index contributed by atoms with van der Waals surface area (Å²) in [7, 11) is 0. The summed E-state index contributed by atoms with van der Waals surface area (Å²) in [4.78, 5) is 43.1. The Labute approximate surface area is 189 Å². The van der Waals surface area contributed by atoms with Crippen molar-refractivity contribution in [3.8, 4) is 0 Å². The molecule has 3 N–H and O–H groups in total. The molecule has 2 aliphatic rings. The van der Waals surface area contributed by atoms with Gasteiger partial charge in [-0.1, -0.05) is 50.3 Å². The highest BCUT2D eigenvalue weighted by atomic mass is 16.5. The average molecular weight is 445 g/mol. The highest BCUT2D eigenvalue weighted by Crippen LogP contribution is 2.47. The fraction of sp³-hybridized carbons (Fsp3) is 0.417. The number of alkyl carbamates (subject to hydrolysis) is 1. The number of fused-ring (bicyclic) bond motifs is 3. The molecule has 8 nitrogen and oxygen atoms in total. The number of ether oxygens (including phenoxy) is 1. The second kappa shape index (κ2) is 11.3. The quantitative estimate of drug-likeness (QED) is 0.637. The summed E-state index contributed by atoms with van der Waals surface area (Å²) in [5.74, 6) is -1.89. The molecule has 1 unspecified atom stereocenters. The lowest BCUT2D eigenvalue weighted by atomic mass is 9.93. The van der Waals surface area contributed by atoms with Crippen LogP contribution in [0.2, 0.25) is 0 Å². The molecule has 0 aromatic heterocycles. The SMILES string of the molecule is CC(=O)NC(C)=O.CC(C)[C@H](NC(=O)OCC1C2=CCCC=C2c2ccccc21)C(=O)O.[HH]. The van der Waals surface area contributed by atoms with Crippen molar-refractivity contribution in [3.63, 3.8) is 0 Å². The minimum absolute atomic E-state index is 0. The number of benzene rings is 1. The van der Waals surface area contributed by atoms with Gasteiger partial charge in [-0.15, -0.1) is 0 Å². The molecule has 3 rings (SSSR count). The average Bonchev–Trinajstić information content (AvgIpc) is 3.03. The first-order chi connectivity index (χ1) is 15.1. The summed E-state index contributed by atoms with van der Waals surface area (Å²) in [6, 6.07) is 7.22. The van der Waals surface area contributed by atoms with Crippen LogP contribution in [0, 0.1) is 5.92 Å². The Hall–Kier alpha value is -3.42. The second-order valence-electron chi connectivity index (χ2n) is 8.03. The number of carboxylic acid groups (broad SMARTS) is 1. The molecular formula is C24H32N2O6. The van der Waals surface area contributed by atoms with Crippen molar-refractivity contribution in [2.45, 2.75) is 52.5 Å². The molecule has 0 aliphatic heterocycles. The number of carboxylic acids is 1. The summed E-state index contributed by atoms with van der Waals surface area (Å²) in [6.07, 6.45) is 5.79. The van der Waals surface area contributed by atoms with E-state index in [1.165, 1.54) is 30.6 Å². The van der Waals surface area contributed by atoms with Gasteiger partial charge in [0, 0.05) is 21.2 Å². The Morgan fingerprint density at radius 3 is 2.28 bits per heavy atom. The van der Waals surface area contributed by atoms with E-state index in [-0.39, 0.29) is 31.7 Å². The van der Waals surface area contributed by atoms with Crippen molar-refractivity contribution in [3.05, 3.63) is 53.1 Å². The van der Waals surface area contributed by atoms with Crippen LogP contribution in [-0.2, 0) is 19.1 Å². The van der Waals surface area contributed by atoms with Gasteiger partial charge < -0.3 is 15.2 Å². The molecule has 174 valence electrons. The predicted molar refractivity (Wildman–Crippen MR) is 122 cm³/mol. The minimum atomic E-state index is -1.06. The molecule has 2 atom stereocenters. The van der Waals surface area contributed by atoms with E-state index in [0.717, 1.165) is 18.4 Å². The first kappa shape index (κ1) is 24.8. The van der Waals surface area contributed by atoms with E-state index in [9.17, 15) is 19.2 Å². The highest BCUT2D eigenvalue weighted by molar-refractivity contribution is 5.92. The molecule has 0 saturated carbocycles. The summed E-state index contributed by atoms with van der Waals surface area (Å²) >= 11 is 0. The Morgan fingerprint density at radius 2 is 1.72 bits per heavy atom. The van der Waals surface area contributed by atoms with Gasteiger partial charge in [-0.05, 0) is 41.0 Å². The molecule has 1 aromatic carbocycles. The van der Waals surface area contributed by atoms with Gasteiger partial charge in [0.05, 0.1) is 0 Å². The number of carbonyl (C=O) groups is 4. The van der Waals surface area contributed by atoms with E-state index >= 15 is 0 Å². The lowest BCUT2D eigenvalue weighted by molar-refractivity contribution is -0.140. The Kier molecular flexibility index (Phi) is 8.75. The zero-order valence-electron chi connectivity index (χ0n) is 18.8. The normalized spacial score (nSPS) is 16.8. The molecule has 0 fully saturated rings. The standard InChI is InChI=1S/C20H23NO4.C4H7NO2.H2/c1-12(2)18(19(22)23)21-20(24)25-11-17-15-9-5-3-7-13(15)14-8-4-6-10-16(14)17;1-3(6)5-4(2)7;/h3,5,7-10,12,17-18H,4,6,11H2,1-2H3,(H,21,24)(H,22,23);1-2H3,(H,5,6,7);1H/t17?,18-;;/m0../s1. The molecule has 1 aromatic rings. The fourth-order valence-electron chi connectivity index (χ4n) is 3.77. The van der Waals surface area contributed by atoms with Gasteiger partial charge in [-0.25, -0.2) is 9.59 Å². The fourth-order valence-corrected chi connectivity index (χ4v) is 3.77. The molecule has 0 heterocycles. The van der Waals surface area contributed by atoms with Gasteiger partial charge in [0.2, 0.25) is 11.8 Å². The van der Waals surface area contributed by atoms with Crippen LogP contribution in [0.4, 0.5) is 4.79 Å². The summed E-state index contributed by atoms with van der Waals surface area (Å²) in [5.41, 5.74) is 4.81. The van der Waals surface area contributed by atoms with Crippen LogP contribution >= 0.6 is 0 Å². The van der Waals surface area contributed by atoms with Gasteiger partial charge in [-0.2, -0.15) is 0 Å². The van der Waals surface area contributed by atoms with E-state index < -0.39 is 18.1 Å². The van der Waals surface area contributed by atoms with Crippen molar-refractivity contribution in [1.29, 1.82) is 0 Å². The van der Waals surface area contributed by atoms with E-state index in [0.29, 0.717) is 0 Å². The van der Waals surface area contributed by atoms with Crippen molar-refractivity contribution in [1.82, 2.24) is 10.6 Å². The van der Waals surface area contributed by atoms with Crippen LogP contribution in [0.5, 0.6) is 0 Å². The van der Waals surface area contributed by atoms with Crippen LogP contribution in [0.3, 0.4) is 0 Å². The van der Waals surface area contributed by atoms with Crippen molar-refractivity contribution >= 4 is 29.5 Å². The number of rotatable bonds is 5. The Bertz CT molecular complexity index is 942. The largest absolute Gasteiger partial charge is 0.480 e. The molecule has 0 saturated heterocycles.